The van der Waals surface area contributed by atoms with E-state index < -0.39 is 17.8 Å². The number of nitrogen functional groups attached to an aromatic ring is 1. The summed E-state index contributed by atoms with van der Waals surface area (Å²) in [5, 5.41) is 2.74. The number of halogens is 1. The predicted molar refractivity (Wildman–Crippen MR) is 97.1 cm³/mol. The highest BCUT2D eigenvalue weighted by Crippen LogP contribution is 2.24. The molecule has 1 saturated heterocycles. The molecular formula is C18H27FN4O3. The van der Waals surface area contributed by atoms with Crippen LogP contribution >= 0.6 is 0 Å². The summed E-state index contributed by atoms with van der Waals surface area (Å²) in [4.78, 5) is 29.0. The molecule has 0 unspecified atom stereocenters. The maximum absolute atomic E-state index is 13.9. The Morgan fingerprint density at radius 3 is 2.54 bits per heavy atom. The molecule has 2 amide bonds. The third-order valence-corrected chi connectivity index (χ3v) is 4.72. The predicted octanol–water partition coefficient (Wildman–Crippen LogP) is 0.417. The molecule has 26 heavy (non-hydrogen) atoms. The molecule has 8 heteroatoms. The Balaban J connectivity index is 2.22. The molecule has 144 valence electrons. The maximum Gasteiger partial charge on any atom is 0.246 e. The van der Waals surface area contributed by atoms with E-state index in [9.17, 15) is 14.0 Å². The zero-order valence-electron chi connectivity index (χ0n) is 15.5. The standard InChI is InChI=1S/C18H27FN4O3/c1-12(13-4-5-15(20)14(19)10-13)17(21-16(24)11-26-3)18(25)23-8-6-22(2)7-9-23/h4-5,10,12,17H,6-9,11,20H2,1-3H3,(H,21,24)/t12-,17+/m0/s1. The number of piperazine rings is 1. The zero-order chi connectivity index (χ0) is 19.3. The van der Waals surface area contributed by atoms with Gasteiger partial charge in [0.05, 0.1) is 5.69 Å². The molecule has 2 atom stereocenters. The number of anilines is 1. The SMILES string of the molecule is COCC(=O)N[C@@H](C(=O)N1CCN(C)CC1)[C@@H](C)c1ccc(N)c(F)c1. The lowest BCUT2D eigenvalue weighted by molar-refractivity contribution is -0.139. The lowest BCUT2D eigenvalue weighted by Gasteiger charge is -2.36. The largest absolute Gasteiger partial charge is 0.396 e. The third-order valence-electron chi connectivity index (χ3n) is 4.72. The van der Waals surface area contributed by atoms with Gasteiger partial charge < -0.3 is 25.6 Å². The quantitative estimate of drug-likeness (QED) is 0.713. The van der Waals surface area contributed by atoms with Crippen LogP contribution in [-0.2, 0) is 14.3 Å². The van der Waals surface area contributed by atoms with Crippen molar-refractivity contribution < 1.29 is 18.7 Å². The van der Waals surface area contributed by atoms with E-state index in [4.69, 9.17) is 10.5 Å². The van der Waals surface area contributed by atoms with Crippen LogP contribution in [0.15, 0.2) is 18.2 Å². The van der Waals surface area contributed by atoms with Crippen molar-refractivity contribution in [1.82, 2.24) is 15.1 Å². The molecule has 0 aliphatic carbocycles. The first-order valence-electron chi connectivity index (χ1n) is 8.64. The average molecular weight is 366 g/mol. The smallest absolute Gasteiger partial charge is 0.246 e. The van der Waals surface area contributed by atoms with Gasteiger partial charge in [0.1, 0.15) is 18.5 Å². The number of nitrogens with zero attached hydrogens (tertiary/aromatic N) is 2. The van der Waals surface area contributed by atoms with Crippen molar-refractivity contribution in [3.8, 4) is 0 Å². The lowest BCUT2D eigenvalue weighted by atomic mass is 9.91. The Bertz CT molecular complexity index is 647. The highest BCUT2D eigenvalue weighted by Gasteiger charge is 2.33. The first kappa shape index (κ1) is 20.1. The van der Waals surface area contributed by atoms with Crippen molar-refractivity contribution in [3.05, 3.63) is 29.6 Å². The van der Waals surface area contributed by atoms with Crippen molar-refractivity contribution in [2.45, 2.75) is 18.9 Å². The number of ether oxygens (including phenoxy) is 1. The topological polar surface area (TPSA) is 87.9 Å². The number of hydrogen-bond acceptors (Lipinski definition) is 5. The molecule has 0 saturated carbocycles. The second-order valence-electron chi connectivity index (χ2n) is 6.68. The first-order chi connectivity index (χ1) is 12.3. The van der Waals surface area contributed by atoms with Gasteiger partial charge in [-0.25, -0.2) is 4.39 Å². The molecule has 0 bridgehead atoms. The minimum Gasteiger partial charge on any atom is -0.396 e. The molecular weight excluding hydrogens is 339 g/mol. The summed E-state index contributed by atoms with van der Waals surface area (Å²) >= 11 is 0. The number of hydrogen-bond donors (Lipinski definition) is 2. The Morgan fingerprint density at radius 1 is 1.31 bits per heavy atom. The molecule has 1 aliphatic rings. The molecule has 0 radical (unpaired) electrons. The maximum atomic E-state index is 13.9. The van der Waals surface area contributed by atoms with E-state index in [0.717, 1.165) is 13.1 Å². The number of likely N-dealkylation sites (N-methyl/N-ethyl adjacent to an activating group) is 1. The summed E-state index contributed by atoms with van der Waals surface area (Å²) in [6, 6.07) is 3.65. The number of nitrogens with two attached hydrogens (primary N) is 1. The summed E-state index contributed by atoms with van der Waals surface area (Å²) < 4.78 is 18.7. The van der Waals surface area contributed by atoms with Crippen LogP contribution in [0.5, 0.6) is 0 Å². The van der Waals surface area contributed by atoms with Crippen LogP contribution in [0, 0.1) is 5.82 Å². The minimum atomic E-state index is -0.802. The number of carbonyl (C=O) groups excluding carboxylic acids is 2. The monoisotopic (exact) mass is 366 g/mol. The fraction of sp³-hybridized carbons (Fsp3) is 0.556. The highest BCUT2D eigenvalue weighted by atomic mass is 19.1. The van der Waals surface area contributed by atoms with E-state index in [1.807, 2.05) is 7.05 Å². The molecule has 0 spiro atoms. The third kappa shape index (κ3) is 4.92. The Hall–Kier alpha value is -2.19. The van der Waals surface area contributed by atoms with Crippen molar-refractivity contribution >= 4 is 17.5 Å². The van der Waals surface area contributed by atoms with Gasteiger partial charge in [0.2, 0.25) is 11.8 Å². The van der Waals surface area contributed by atoms with Gasteiger partial charge in [-0.15, -0.1) is 0 Å². The average Bonchev–Trinajstić information content (AvgIpc) is 2.62. The van der Waals surface area contributed by atoms with Crippen molar-refractivity contribution in [2.24, 2.45) is 0 Å². The number of carbonyl (C=O) groups is 2. The van der Waals surface area contributed by atoms with Crippen molar-refractivity contribution in [2.75, 3.05) is 52.7 Å². The zero-order valence-corrected chi connectivity index (χ0v) is 15.5. The Labute approximate surface area is 153 Å². The number of rotatable bonds is 6. The summed E-state index contributed by atoms with van der Waals surface area (Å²) in [5.41, 5.74) is 6.18. The van der Waals surface area contributed by atoms with Crippen molar-refractivity contribution in [3.63, 3.8) is 0 Å². The molecule has 3 N–H and O–H groups in total. The second-order valence-corrected chi connectivity index (χ2v) is 6.68. The summed E-state index contributed by atoms with van der Waals surface area (Å²) in [6.07, 6.45) is 0. The van der Waals surface area contributed by atoms with E-state index in [1.165, 1.54) is 19.2 Å². The molecule has 1 heterocycles. The Kier molecular flexibility index (Phi) is 6.93. The molecule has 1 fully saturated rings. The van der Waals surface area contributed by atoms with Gasteiger partial charge in [0.25, 0.3) is 0 Å². The number of benzene rings is 1. The van der Waals surface area contributed by atoms with Crippen molar-refractivity contribution in [1.29, 1.82) is 0 Å². The van der Waals surface area contributed by atoms with E-state index in [0.29, 0.717) is 18.7 Å². The van der Waals surface area contributed by atoms with Crippen LogP contribution in [0.25, 0.3) is 0 Å². The van der Waals surface area contributed by atoms with Crippen LogP contribution in [0.2, 0.25) is 0 Å². The van der Waals surface area contributed by atoms with E-state index in [1.54, 1.807) is 17.9 Å². The highest BCUT2D eigenvalue weighted by molar-refractivity contribution is 5.89. The number of nitrogens with one attached hydrogen (secondary N) is 1. The van der Waals surface area contributed by atoms with Crippen LogP contribution < -0.4 is 11.1 Å². The Morgan fingerprint density at radius 2 is 1.96 bits per heavy atom. The molecule has 1 aromatic rings. The molecule has 0 aromatic heterocycles. The van der Waals surface area contributed by atoms with Gasteiger partial charge in [-0.2, -0.15) is 0 Å². The number of methoxy groups -OCH3 is 1. The summed E-state index contributed by atoms with van der Waals surface area (Å²) in [5.74, 6) is -1.52. The van der Waals surface area contributed by atoms with Crippen LogP contribution in [0.4, 0.5) is 10.1 Å². The van der Waals surface area contributed by atoms with Crippen LogP contribution in [-0.4, -0.2) is 74.6 Å². The second kappa shape index (κ2) is 8.95. The fourth-order valence-corrected chi connectivity index (χ4v) is 2.99. The fourth-order valence-electron chi connectivity index (χ4n) is 2.99. The number of amides is 2. The van der Waals surface area contributed by atoms with Crippen LogP contribution in [0.3, 0.4) is 0 Å². The van der Waals surface area contributed by atoms with Gasteiger partial charge in [-0.1, -0.05) is 13.0 Å². The molecule has 7 nitrogen and oxygen atoms in total. The van der Waals surface area contributed by atoms with Crippen LogP contribution in [0.1, 0.15) is 18.4 Å². The lowest BCUT2D eigenvalue weighted by Crippen LogP contribution is -2.56. The van der Waals surface area contributed by atoms with Gasteiger partial charge >= 0.3 is 0 Å². The summed E-state index contributed by atoms with van der Waals surface area (Å²) in [7, 11) is 3.41. The van der Waals surface area contributed by atoms with Gasteiger partial charge in [-0.3, -0.25) is 9.59 Å². The first-order valence-corrected chi connectivity index (χ1v) is 8.64. The molecule has 1 aromatic carbocycles. The van der Waals surface area contributed by atoms with Gasteiger partial charge in [0.15, 0.2) is 0 Å². The molecule has 2 rings (SSSR count). The van der Waals surface area contributed by atoms with Gasteiger partial charge in [-0.05, 0) is 24.7 Å². The van der Waals surface area contributed by atoms with E-state index >= 15 is 0 Å². The van der Waals surface area contributed by atoms with E-state index in [-0.39, 0.29) is 24.1 Å². The van der Waals surface area contributed by atoms with E-state index in [2.05, 4.69) is 10.2 Å². The van der Waals surface area contributed by atoms with Gasteiger partial charge in [0, 0.05) is 39.2 Å². The minimum absolute atomic E-state index is 0.0475. The molecule has 1 aliphatic heterocycles. The normalized spacial score (nSPS) is 17.6. The summed E-state index contributed by atoms with van der Waals surface area (Å²) in [6.45, 7) is 4.38.